The van der Waals surface area contributed by atoms with Gasteiger partial charge >= 0.3 is 11.8 Å². The predicted octanol–water partition coefficient (Wildman–Crippen LogP) is 2.12. The Morgan fingerprint density at radius 1 is 1.20 bits per heavy atom. The highest BCUT2D eigenvalue weighted by Crippen LogP contribution is 2.23. The molecule has 108 valence electrons. The topological polar surface area (TPSA) is 69.6 Å². The van der Waals surface area contributed by atoms with Crippen LogP contribution in [0.5, 0.6) is 5.75 Å². The van der Waals surface area contributed by atoms with E-state index in [1.165, 1.54) is 17.4 Å². The van der Waals surface area contributed by atoms with Crippen LogP contribution in [0.4, 0.5) is 5.69 Å². The molecule has 5 nitrogen and oxygen atoms in total. The highest BCUT2D eigenvalue weighted by atomic mass is 16.3. The maximum Gasteiger partial charge on any atom is 0.314 e. The number of nitrogens with one attached hydrogen (secondary N) is 1. The SMILES string of the molecule is CN(C(=O)C(=O)Nc1ccccc1O)C1CCCCC1. The van der Waals surface area contributed by atoms with Crippen LogP contribution in [-0.4, -0.2) is 34.9 Å². The van der Waals surface area contributed by atoms with Crippen LogP contribution < -0.4 is 5.32 Å². The number of phenols is 1. The molecular formula is C15H20N2O3. The number of amides is 2. The van der Waals surface area contributed by atoms with Crippen LogP contribution in [0.1, 0.15) is 32.1 Å². The largest absolute Gasteiger partial charge is 0.506 e. The van der Waals surface area contributed by atoms with Crippen molar-refractivity contribution in [1.29, 1.82) is 0 Å². The summed E-state index contributed by atoms with van der Waals surface area (Å²) in [6.45, 7) is 0. The van der Waals surface area contributed by atoms with Crippen molar-refractivity contribution in [2.45, 2.75) is 38.1 Å². The summed E-state index contributed by atoms with van der Waals surface area (Å²) in [5, 5.41) is 12.0. The molecule has 5 heteroatoms. The second-order valence-electron chi connectivity index (χ2n) is 5.18. The van der Waals surface area contributed by atoms with Crippen molar-refractivity contribution in [2.75, 3.05) is 12.4 Å². The third-order valence-corrected chi connectivity index (χ3v) is 3.79. The van der Waals surface area contributed by atoms with Crippen LogP contribution in [0.3, 0.4) is 0 Å². The highest BCUT2D eigenvalue weighted by Gasteiger charge is 2.26. The van der Waals surface area contributed by atoms with Crippen LogP contribution in [0.25, 0.3) is 0 Å². The fraction of sp³-hybridized carbons (Fsp3) is 0.467. The number of carbonyl (C=O) groups is 2. The molecule has 0 aliphatic heterocycles. The molecule has 0 aromatic heterocycles. The Morgan fingerprint density at radius 2 is 1.85 bits per heavy atom. The minimum absolute atomic E-state index is 0.0473. The van der Waals surface area contributed by atoms with Gasteiger partial charge in [0.15, 0.2) is 0 Å². The van der Waals surface area contributed by atoms with Gasteiger partial charge in [0.1, 0.15) is 5.75 Å². The standard InChI is InChI=1S/C15H20N2O3/c1-17(11-7-3-2-4-8-11)15(20)14(19)16-12-9-5-6-10-13(12)18/h5-6,9-11,18H,2-4,7-8H2,1H3,(H,16,19). The molecule has 1 aromatic carbocycles. The highest BCUT2D eigenvalue weighted by molar-refractivity contribution is 6.39. The lowest BCUT2D eigenvalue weighted by Crippen LogP contribution is -2.44. The number of carbonyl (C=O) groups excluding carboxylic acids is 2. The lowest BCUT2D eigenvalue weighted by molar-refractivity contribution is -0.144. The van der Waals surface area contributed by atoms with Gasteiger partial charge in [0, 0.05) is 13.1 Å². The molecule has 20 heavy (non-hydrogen) atoms. The summed E-state index contributed by atoms with van der Waals surface area (Å²) < 4.78 is 0. The van der Waals surface area contributed by atoms with Gasteiger partial charge in [-0.1, -0.05) is 31.4 Å². The van der Waals surface area contributed by atoms with E-state index in [-0.39, 0.29) is 17.5 Å². The molecule has 0 spiro atoms. The minimum atomic E-state index is -0.709. The second-order valence-corrected chi connectivity index (χ2v) is 5.18. The van der Waals surface area contributed by atoms with Crippen molar-refractivity contribution < 1.29 is 14.7 Å². The van der Waals surface area contributed by atoms with Gasteiger partial charge in [-0.25, -0.2) is 0 Å². The molecule has 0 unspecified atom stereocenters. The summed E-state index contributed by atoms with van der Waals surface area (Å²) in [7, 11) is 1.67. The summed E-state index contributed by atoms with van der Waals surface area (Å²) in [6, 6.07) is 6.50. The van der Waals surface area contributed by atoms with Gasteiger partial charge in [-0.15, -0.1) is 0 Å². The third-order valence-electron chi connectivity index (χ3n) is 3.79. The number of aromatic hydroxyl groups is 1. The first-order chi connectivity index (χ1) is 9.59. The van der Waals surface area contributed by atoms with E-state index in [0.717, 1.165) is 25.7 Å². The Balaban J connectivity index is 1.98. The van der Waals surface area contributed by atoms with Gasteiger partial charge < -0.3 is 15.3 Å². The van der Waals surface area contributed by atoms with Crippen molar-refractivity contribution in [3.8, 4) is 5.75 Å². The summed E-state index contributed by atoms with van der Waals surface area (Å²) in [5.74, 6) is -1.31. The van der Waals surface area contributed by atoms with Gasteiger partial charge in [0.2, 0.25) is 0 Å². The molecule has 1 aliphatic rings. The average molecular weight is 276 g/mol. The van der Waals surface area contributed by atoms with Crippen LogP contribution in [0, 0.1) is 0 Å². The van der Waals surface area contributed by atoms with Crippen LogP contribution >= 0.6 is 0 Å². The van der Waals surface area contributed by atoms with Gasteiger partial charge in [-0.3, -0.25) is 9.59 Å². The zero-order chi connectivity index (χ0) is 14.5. The van der Waals surface area contributed by atoms with E-state index in [2.05, 4.69) is 5.32 Å². The van der Waals surface area contributed by atoms with Gasteiger partial charge in [0.05, 0.1) is 5.69 Å². The molecule has 0 bridgehead atoms. The molecule has 1 saturated carbocycles. The molecular weight excluding hydrogens is 256 g/mol. The van der Waals surface area contributed by atoms with Crippen molar-refractivity contribution in [3.63, 3.8) is 0 Å². The van der Waals surface area contributed by atoms with Crippen molar-refractivity contribution in [2.24, 2.45) is 0 Å². The molecule has 0 heterocycles. The summed E-state index contributed by atoms with van der Waals surface area (Å²) >= 11 is 0. The number of para-hydroxylation sites is 2. The zero-order valence-electron chi connectivity index (χ0n) is 11.6. The van der Waals surface area contributed by atoms with E-state index in [1.807, 2.05) is 0 Å². The quantitative estimate of drug-likeness (QED) is 0.642. The van der Waals surface area contributed by atoms with Gasteiger partial charge in [-0.2, -0.15) is 0 Å². The Morgan fingerprint density at radius 3 is 2.50 bits per heavy atom. The number of nitrogens with zero attached hydrogens (tertiary/aromatic N) is 1. The number of hydrogen-bond acceptors (Lipinski definition) is 3. The Labute approximate surface area is 118 Å². The molecule has 2 N–H and O–H groups in total. The van der Waals surface area contributed by atoms with E-state index in [9.17, 15) is 14.7 Å². The van der Waals surface area contributed by atoms with Crippen molar-refractivity contribution in [3.05, 3.63) is 24.3 Å². The smallest absolute Gasteiger partial charge is 0.314 e. The summed E-state index contributed by atoms with van der Waals surface area (Å²) in [4.78, 5) is 25.5. The van der Waals surface area contributed by atoms with Crippen LogP contribution in [0.15, 0.2) is 24.3 Å². The Bertz CT molecular complexity index is 496. The summed E-state index contributed by atoms with van der Waals surface area (Å²) in [5.41, 5.74) is 0.253. The molecule has 1 aliphatic carbocycles. The van der Waals surface area contributed by atoms with E-state index in [0.29, 0.717) is 0 Å². The number of likely N-dealkylation sites (N-methyl/N-ethyl adjacent to an activating group) is 1. The Kier molecular flexibility index (Phi) is 4.61. The summed E-state index contributed by atoms with van der Waals surface area (Å²) in [6.07, 6.45) is 5.30. The zero-order valence-corrected chi connectivity index (χ0v) is 11.6. The minimum Gasteiger partial charge on any atom is -0.506 e. The van der Waals surface area contributed by atoms with Crippen LogP contribution in [-0.2, 0) is 9.59 Å². The van der Waals surface area contributed by atoms with E-state index in [4.69, 9.17) is 0 Å². The monoisotopic (exact) mass is 276 g/mol. The maximum absolute atomic E-state index is 12.1. The maximum atomic E-state index is 12.1. The average Bonchev–Trinajstić information content (AvgIpc) is 2.49. The third kappa shape index (κ3) is 3.29. The molecule has 0 atom stereocenters. The first kappa shape index (κ1) is 14.4. The molecule has 2 rings (SSSR count). The molecule has 0 saturated heterocycles. The van der Waals surface area contributed by atoms with Gasteiger partial charge in [0.25, 0.3) is 0 Å². The van der Waals surface area contributed by atoms with E-state index < -0.39 is 11.8 Å². The van der Waals surface area contributed by atoms with Crippen molar-refractivity contribution in [1.82, 2.24) is 4.90 Å². The lowest BCUT2D eigenvalue weighted by atomic mass is 9.94. The number of rotatable bonds is 2. The molecule has 1 aromatic rings. The molecule has 1 fully saturated rings. The van der Waals surface area contributed by atoms with Crippen LogP contribution in [0.2, 0.25) is 0 Å². The van der Waals surface area contributed by atoms with E-state index >= 15 is 0 Å². The number of phenolic OH excluding ortho intramolecular Hbond substituents is 1. The second kappa shape index (κ2) is 6.41. The molecule has 0 radical (unpaired) electrons. The first-order valence-electron chi connectivity index (χ1n) is 6.95. The van der Waals surface area contributed by atoms with E-state index in [1.54, 1.807) is 25.2 Å². The number of hydrogen-bond donors (Lipinski definition) is 2. The molecule has 2 amide bonds. The van der Waals surface area contributed by atoms with Gasteiger partial charge in [-0.05, 0) is 25.0 Å². The fourth-order valence-electron chi connectivity index (χ4n) is 2.55. The number of benzene rings is 1. The fourth-order valence-corrected chi connectivity index (χ4v) is 2.55. The Hall–Kier alpha value is -2.04. The normalized spacial score (nSPS) is 15.7. The lowest BCUT2D eigenvalue weighted by Gasteiger charge is -2.30. The predicted molar refractivity (Wildman–Crippen MR) is 76.4 cm³/mol. The first-order valence-corrected chi connectivity index (χ1v) is 6.95. The van der Waals surface area contributed by atoms with Crippen molar-refractivity contribution >= 4 is 17.5 Å². The number of anilines is 1.